The minimum atomic E-state index is -0.963. The Bertz CT molecular complexity index is 369. The van der Waals surface area contributed by atoms with Crippen LogP contribution in [0, 0.1) is 10.1 Å². The van der Waals surface area contributed by atoms with Crippen LogP contribution in [0.1, 0.15) is 12.0 Å². The number of rotatable bonds is 3. The van der Waals surface area contributed by atoms with Crippen LogP contribution < -0.4 is 0 Å². The Kier molecular flexibility index (Phi) is 3.17. The van der Waals surface area contributed by atoms with Gasteiger partial charge < -0.3 is 5.11 Å². The highest BCUT2D eigenvalue weighted by atomic mass is 16.6. The lowest BCUT2D eigenvalue weighted by Gasteiger charge is -2.19. The lowest BCUT2D eigenvalue weighted by Crippen LogP contribution is -2.38. The fourth-order valence-electron chi connectivity index (χ4n) is 2.03. The highest BCUT2D eigenvalue weighted by Gasteiger charge is 2.40. The summed E-state index contributed by atoms with van der Waals surface area (Å²) in [6.07, 6.45) is -0.545. The predicted octanol–water partition coefficient (Wildman–Crippen LogP) is 0.856. The summed E-state index contributed by atoms with van der Waals surface area (Å²) >= 11 is 0. The summed E-state index contributed by atoms with van der Waals surface area (Å²) < 4.78 is 0. The van der Waals surface area contributed by atoms with Gasteiger partial charge in [-0.3, -0.25) is 15.0 Å². The van der Waals surface area contributed by atoms with Crippen molar-refractivity contribution in [3.63, 3.8) is 0 Å². The molecular weight excluding hydrogens is 208 g/mol. The van der Waals surface area contributed by atoms with Gasteiger partial charge in [-0.2, -0.15) is 0 Å². The SMILES string of the molecule is O=[N+]([O-])C1CCN(Cc2ccccc2)C1O. The van der Waals surface area contributed by atoms with Crippen LogP contribution in [0.4, 0.5) is 0 Å². The Labute approximate surface area is 93.5 Å². The van der Waals surface area contributed by atoms with Gasteiger partial charge in [-0.05, 0) is 5.56 Å². The number of nitro groups is 1. The zero-order chi connectivity index (χ0) is 11.5. The van der Waals surface area contributed by atoms with Crippen LogP contribution in [-0.2, 0) is 6.54 Å². The van der Waals surface area contributed by atoms with Crippen LogP contribution in [0.3, 0.4) is 0 Å². The van der Waals surface area contributed by atoms with E-state index in [0.717, 1.165) is 5.56 Å². The lowest BCUT2D eigenvalue weighted by atomic mass is 10.2. The average Bonchev–Trinajstić information content (AvgIpc) is 2.62. The van der Waals surface area contributed by atoms with E-state index >= 15 is 0 Å². The van der Waals surface area contributed by atoms with Crippen molar-refractivity contribution in [2.24, 2.45) is 0 Å². The summed E-state index contributed by atoms with van der Waals surface area (Å²) in [7, 11) is 0. The Morgan fingerprint density at radius 1 is 1.44 bits per heavy atom. The predicted molar refractivity (Wildman–Crippen MR) is 58.3 cm³/mol. The van der Waals surface area contributed by atoms with Crippen LogP contribution in [0.25, 0.3) is 0 Å². The standard InChI is InChI=1S/C11H14N2O3/c14-11-10(13(15)16)6-7-12(11)8-9-4-2-1-3-5-9/h1-5,10-11,14H,6-8H2. The minimum absolute atomic E-state index is 0.393. The zero-order valence-corrected chi connectivity index (χ0v) is 8.82. The summed E-state index contributed by atoms with van der Waals surface area (Å²) in [6, 6.07) is 8.82. The van der Waals surface area contributed by atoms with E-state index in [9.17, 15) is 15.2 Å². The van der Waals surface area contributed by atoms with Crippen molar-refractivity contribution in [2.45, 2.75) is 25.2 Å². The van der Waals surface area contributed by atoms with E-state index in [1.165, 1.54) is 0 Å². The van der Waals surface area contributed by atoms with Gasteiger partial charge in [0.25, 0.3) is 6.04 Å². The van der Waals surface area contributed by atoms with Crippen molar-refractivity contribution in [1.29, 1.82) is 0 Å². The van der Waals surface area contributed by atoms with E-state index in [4.69, 9.17) is 0 Å². The number of likely N-dealkylation sites (tertiary alicyclic amines) is 1. The number of aliphatic hydroxyl groups excluding tert-OH is 1. The summed E-state index contributed by atoms with van der Waals surface area (Å²) in [5.74, 6) is 0. The third-order valence-electron chi connectivity index (χ3n) is 2.93. The van der Waals surface area contributed by atoms with Gasteiger partial charge >= 0.3 is 0 Å². The molecule has 0 aromatic heterocycles. The molecule has 1 aromatic rings. The number of benzene rings is 1. The molecule has 2 rings (SSSR count). The first-order valence-corrected chi connectivity index (χ1v) is 5.28. The number of nitrogens with zero attached hydrogens (tertiary/aromatic N) is 2. The quantitative estimate of drug-likeness (QED) is 0.608. The molecule has 1 aliphatic heterocycles. The van der Waals surface area contributed by atoms with Crippen LogP contribution in [0.2, 0.25) is 0 Å². The van der Waals surface area contributed by atoms with E-state index < -0.39 is 17.2 Å². The monoisotopic (exact) mass is 222 g/mol. The summed E-state index contributed by atoms with van der Waals surface area (Å²) in [5, 5.41) is 20.4. The summed E-state index contributed by atoms with van der Waals surface area (Å²) in [5.41, 5.74) is 1.06. The molecule has 0 amide bonds. The van der Waals surface area contributed by atoms with Gasteiger partial charge in [0.1, 0.15) is 0 Å². The van der Waals surface area contributed by atoms with Gasteiger partial charge in [-0.15, -0.1) is 0 Å². The van der Waals surface area contributed by atoms with Crippen molar-refractivity contribution in [1.82, 2.24) is 4.90 Å². The number of hydrogen-bond acceptors (Lipinski definition) is 4. The Morgan fingerprint density at radius 3 is 2.69 bits per heavy atom. The molecule has 1 heterocycles. The topological polar surface area (TPSA) is 66.6 Å². The largest absolute Gasteiger partial charge is 0.372 e. The van der Waals surface area contributed by atoms with Gasteiger partial charge in [-0.25, -0.2) is 0 Å². The first kappa shape index (κ1) is 11.0. The molecular formula is C11H14N2O3. The van der Waals surface area contributed by atoms with Gasteiger partial charge in [0.15, 0.2) is 6.23 Å². The zero-order valence-electron chi connectivity index (χ0n) is 8.82. The van der Waals surface area contributed by atoms with E-state index in [0.29, 0.717) is 19.5 Å². The maximum Gasteiger partial charge on any atom is 0.253 e. The van der Waals surface area contributed by atoms with Crippen molar-refractivity contribution >= 4 is 0 Å². The fourth-order valence-corrected chi connectivity index (χ4v) is 2.03. The molecule has 1 aromatic carbocycles. The van der Waals surface area contributed by atoms with Crippen molar-refractivity contribution in [2.75, 3.05) is 6.54 Å². The fraction of sp³-hybridized carbons (Fsp3) is 0.455. The normalized spacial score (nSPS) is 25.8. The van der Waals surface area contributed by atoms with Crippen LogP contribution >= 0.6 is 0 Å². The molecule has 0 aliphatic carbocycles. The average molecular weight is 222 g/mol. The summed E-state index contributed by atoms with van der Waals surface area (Å²) in [4.78, 5) is 12.0. The van der Waals surface area contributed by atoms with Gasteiger partial charge in [0, 0.05) is 24.4 Å². The molecule has 0 bridgehead atoms. The molecule has 0 radical (unpaired) electrons. The van der Waals surface area contributed by atoms with Crippen molar-refractivity contribution in [3.8, 4) is 0 Å². The molecule has 2 atom stereocenters. The molecule has 1 N–H and O–H groups in total. The van der Waals surface area contributed by atoms with Crippen LogP contribution in [-0.4, -0.2) is 33.7 Å². The maximum absolute atomic E-state index is 10.6. The first-order chi connectivity index (χ1) is 7.68. The highest BCUT2D eigenvalue weighted by molar-refractivity contribution is 5.14. The minimum Gasteiger partial charge on any atom is -0.372 e. The Hall–Kier alpha value is -1.46. The molecule has 1 aliphatic rings. The molecule has 2 unspecified atom stereocenters. The molecule has 5 nitrogen and oxygen atoms in total. The second kappa shape index (κ2) is 4.59. The number of hydrogen-bond donors (Lipinski definition) is 1. The van der Waals surface area contributed by atoms with Gasteiger partial charge in [-0.1, -0.05) is 30.3 Å². The molecule has 0 saturated carbocycles. The van der Waals surface area contributed by atoms with Gasteiger partial charge in [0.05, 0.1) is 0 Å². The Balaban J connectivity index is 2.00. The van der Waals surface area contributed by atoms with Gasteiger partial charge in [0.2, 0.25) is 0 Å². The second-order valence-electron chi connectivity index (χ2n) is 4.01. The molecule has 1 fully saturated rings. The molecule has 86 valence electrons. The molecule has 0 spiro atoms. The summed E-state index contributed by atoms with van der Waals surface area (Å²) in [6.45, 7) is 1.13. The smallest absolute Gasteiger partial charge is 0.253 e. The third kappa shape index (κ3) is 2.20. The van der Waals surface area contributed by atoms with Crippen LogP contribution in [0.5, 0.6) is 0 Å². The highest BCUT2D eigenvalue weighted by Crippen LogP contribution is 2.20. The van der Waals surface area contributed by atoms with E-state index in [2.05, 4.69) is 0 Å². The van der Waals surface area contributed by atoms with E-state index in [1.54, 1.807) is 4.90 Å². The number of aliphatic hydroxyl groups is 1. The second-order valence-corrected chi connectivity index (χ2v) is 4.01. The molecule has 1 saturated heterocycles. The molecule has 5 heteroatoms. The van der Waals surface area contributed by atoms with Crippen molar-refractivity contribution in [3.05, 3.63) is 46.0 Å². The van der Waals surface area contributed by atoms with E-state index in [1.807, 2.05) is 30.3 Å². The lowest BCUT2D eigenvalue weighted by molar-refractivity contribution is -0.533. The maximum atomic E-state index is 10.6. The van der Waals surface area contributed by atoms with E-state index in [-0.39, 0.29) is 0 Å². The Morgan fingerprint density at radius 2 is 2.12 bits per heavy atom. The van der Waals surface area contributed by atoms with Crippen LogP contribution in [0.15, 0.2) is 30.3 Å². The van der Waals surface area contributed by atoms with Crippen molar-refractivity contribution < 1.29 is 10.0 Å². The third-order valence-corrected chi connectivity index (χ3v) is 2.93. The first-order valence-electron chi connectivity index (χ1n) is 5.28. The molecule has 16 heavy (non-hydrogen) atoms.